The molecule has 0 saturated carbocycles. The summed E-state index contributed by atoms with van der Waals surface area (Å²) in [5.41, 5.74) is 5.13. The molecule has 0 atom stereocenters. The van der Waals surface area contributed by atoms with Crippen molar-refractivity contribution in [1.29, 1.82) is 0 Å². The first-order valence-electron chi connectivity index (χ1n) is 12.3. The molecule has 0 aliphatic heterocycles. The van der Waals surface area contributed by atoms with Gasteiger partial charge in [-0.25, -0.2) is 19.9 Å². The fourth-order valence-corrected chi connectivity index (χ4v) is 5.49. The molecule has 41 heavy (non-hydrogen) atoms. The molecule has 0 aliphatic carbocycles. The van der Waals surface area contributed by atoms with E-state index in [1.807, 2.05) is 47.3 Å². The Bertz CT molecular complexity index is 1970. The monoisotopic (exact) mass is 803 g/mol. The Balaban J connectivity index is 0.000000218. The first-order chi connectivity index (χ1) is 19.5. The fourth-order valence-electron chi connectivity index (χ4n) is 4.31. The smallest absolute Gasteiger partial charge is 0.141 e. The first kappa shape index (κ1) is 29.4. The molecule has 0 unspecified atom stereocenters. The Morgan fingerprint density at radius 1 is 0.732 bits per heavy atom. The molecule has 1 N–H and O–H groups in total. The van der Waals surface area contributed by atoms with Crippen LogP contribution < -0.4 is 5.32 Å². The van der Waals surface area contributed by atoms with Gasteiger partial charge in [-0.1, -0.05) is 41.9 Å². The van der Waals surface area contributed by atoms with Gasteiger partial charge in [-0.15, -0.1) is 12.4 Å². The van der Waals surface area contributed by atoms with Crippen LogP contribution in [0, 0.1) is 7.14 Å². The molecular weight excluding hydrogens is 783 g/mol. The molecule has 4 aromatic carbocycles. The van der Waals surface area contributed by atoms with E-state index in [-0.39, 0.29) is 12.4 Å². The van der Waals surface area contributed by atoms with E-state index in [0.29, 0.717) is 5.15 Å². The predicted molar refractivity (Wildman–Crippen MR) is 185 cm³/mol. The summed E-state index contributed by atoms with van der Waals surface area (Å²) >= 11 is 10.4. The number of nitrogens with one attached hydrogen (secondary N) is 1. The number of hydrogen-bond acceptors (Lipinski definition) is 6. The lowest BCUT2D eigenvalue weighted by atomic mass is 10.2. The summed E-state index contributed by atoms with van der Waals surface area (Å²) in [6.45, 7) is 0.756. The molecule has 0 fully saturated rings. The van der Waals surface area contributed by atoms with Crippen LogP contribution >= 0.6 is 69.2 Å². The topological polar surface area (TPSA) is 81.4 Å². The van der Waals surface area contributed by atoms with Gasteiger partial charge in [0.25, 0.3) is 0 Å². The molecule has 11 heteroatoms. The number of fused-ring (bicyclic) bond motifs is 3. The van der Waals surface area contributed by atoms with Gasteiger partial charge in [0.2, 0.25) is 0 Å². The van der Waals surface area contributed by atoms with Gasteiger partial charge < -0.3 is 5.32 Å². The van der Waals surface area contributed by atoms with Crippen molar-refractivity contribution >= 4 is 113 Å². The van der Waals surface area contributed by atoms with Crippen molar-refractivity contribution in [1.82, 2.24) is 29.7 Å². The van der Waals surface area contributed by atoms with Crippen molar-refractivity contribution in [2.45, 2.75) is 6.54 Å². The second-order valence-electron chi connectivity index (χ2n) is 8.90. The van der Waals surface area contributed by atoms with Crippen LogP contribution in [-0.4, -0.2) is 29.7 Å². The Hall–Kier alpha value is -3.13. The largest absolute Gasteiger partial charge is 0.340 e. The van der Waals surface area contributed by atoms with Crippen LogP contribution in [0.15, 0.2) is 104 Å². The second kappa shape index (κ2) is 13.2. The van der Waals surface area contributed by atoms with Crippen LogP contribution in [0.3, 0.4) is 0 Å². The first-order valence-corrected chi connectivity index (χ1v) is 14.8. The van der Waals surface area contributed by atoms with Crippen molar-refractivity contribution in [2.75, 3.05) is 5.32 Å². The lowest BCUT2D eigenvalue weighted by Crippen LogP contribution is -2.01. The highest BCUT2D eigenvalue weighted by Crippen LogP contribution is 2.27. The third-order valence-corrected chi connectivity index (χ3v) is 7.87. The molecule has 3 heterocycles. The Kier molecular flexibility index (Phi) is 9.48. The maximum atomic E-state index is 5.87. The van der Waals surface area contributed by atoms with E-state index in [1.54, 1.807) is 6.33 Å². The summed E-state index contributed by atoms with van der Waals surface area (Å²) in [5.74, 6) is 0.805. The minimum Gasteiger partial charge on any atom is -0.340 e. The van der Waals surface area contributed by atoms with Crippen LogP contribution in [0.1, 0.15) is 5.56 Å². The average Bonchev–Trinajstić information content (AvgIpc) is 3.36. The van der Waals surface area contributed by atoms with Gasteiger partial charge in [0.05, 0.1) is 29.3 Å². The van der Waals surface area contributed by atoms with E-state index >= 15 is 0 Å². The molecular formula is C30H21Cl2I2N7. The van der Waals surface area contributed by atoms with Crippen molar-refractivity contribution in [3.8, 4) is 0 Å². The van der Waals surface area contributed by atoms with Crippen LogP contribution in [0.5, 0.6) is 0 Å². The molecule has 0 spiro atoms. The number of nitrogens with zero attached hydrogens (tertiary/aromatic N) is 6. The molecule has 0 radical (unpaired) electrons. The highest BCUT2D eigenvalue weighted by atomic mass is 127. The molecule has 0 amide bonds. The van der Waals surface area contributed by atoms with Crippen molar-refractivity contribution in [2.24, 2.45) is 0 Å². The summed E-state index contributed by atoms with van der Waals surface area (Å²) in [5, 5.41) is 11.5. The highest BCUT2D eigenvalue weighted by Gasteiger charge is 2.08. The fraction of sp³-hybridized carbons (Fsp3) is 0.0333. The Morgan fingerprint density at radius 3 is 2.17 bits per heavy atom. The van der Waals surface area contributed by atoms with Gasteiger partial charge in [0, 0.05) is 29.0 Å². The number of rotatable bonds is 4. The van der Waals surface area contributed by atoms with E-state index in [0.717, 1.165) is 57.9 Å². The van der Waals surface area contributed by atoms with E-state index in [2.05, 4.69) is 124 Å². The number of hydrogen-bond donors (Lipinski definition) is 1. The average molecular weight is 804 g/mol. The molecule has 7 aromatic rings. The molecule has 7 nitrogen and oxygen atoms in total. The number of aromatic nitrogens is 6. The number of anilines is 2. The molecule has 3 aromatic heterocycles. The number of benzene rings is 4. The van der Waals surface area contributed by atoms with Crippen LogP contribution in [0.25, 0.3) is 32.7 Å². The van der Waals surface area contributed by atoms with Crippen molar-refractivity contribution < 1.29 is 0 Å². The predicted octanol–water partition coefficient (Wildman–Crippen LogP) is 8.69. The van der Waals surface area contributed by atoms with Gasteiger partial charge in [0.1, 0.15) is 23.6 Å². The molecule has 204 valence electrons. The van der Waals surface area contributed by atoms with Gasteiger partial charge in [-0.2, -0.15) is 5.10 Å². The third kappa shape index (κ3) is 6.85. The quantitative estimate of drug-likeness (QED) is 0.142. The maximum Gasteiger partial charge on any atom is 0.141 e. The lowest BCUT2D eigenvalue weighted by molar-refractivity contribution is 0.712. The minimum atomic E-state index is 0. The molecule has 7 rings (SSSR count). The summed E-state index contributed by atoms with van der Waals surface area (Å²) < 4.78 is 4.31. The second-order valence-corrected chi connectivity index (χ2v) is 11.7. The third-order valence-electron chi connectivity index (χ3n) is 6.23. The number of halogens is 4. The molecule has 0 bridgehead atoms. The van der Waals surface area contributed by atoms with Crippen molar-refractivity contribution in [3.05, 3.63) is 122 Å². The SMILES string of the molecule is Cl.Clc1ncnc2ccc(I)cc12.Ic1ccc2ncnc(Nc3ccc4c(cnn4Cc4ccccc4)c3)c2c1. The highest BCUT2D eigenvalue weighted by molar-refractivity contribution is 14.1. The Morgan fingerprint density at radius 2 is 1.41 bits per heavy atom. The maximum absolute atomic E-state index is 5.87. The molecule has 0 aliphatic rings. The standard InChI is InChI=1S/C22H16IN5.C8H4ClIN2.ClH/c23-17-6-8-20-19(11-17)22(25-14-24-20)27-18-7-9-21-16(10-18)12-26-28(21)13-15-4-2-1-3-5-15;9-8-6-3-5(10)1-2-7(6)11-4-12-8;/h1-12,14H,13H2,(H,24,25,27);1-4H;1H. The van der Waals surface area contributed by atoms with E-state index in [4.69, 9.17) is 11.6 Å². The van der Waals surface area contributed by atoms with E-state index < -0.39 is 0 Å². The van der Waals surface area contributed by atoms with Gasteiger partial charge in [-0.3, -0.25) is 4.68 Å². The lowest BCUT2D eigenvalue weighted by Gasteiger charge is -2.09. The zero-order chi connectivity index (χ0) is 27.5. The van der Waals surface area contributed by atoms with E-state index in [9.17, 15) is 0 Å². The van der Waals surface area contributed by atoms with Crippen LogP contribution in [0.4, 0.5) is 11.5 Å². The van der Waals surface area contributed by atoms with Gasteiger partial charge in [-0.05, 0) is 105 Å². The summed E-state index contributed by atoms with van der Waals surface area (Å²) in [6, 6.07) is 28.7. The minimum absolute atomic E-state index is 0. The van der Waals surface area contributed by atoms with Crippen LogP contribution in [0.2, 0.25) is 5.15 Å². The summed E-state index contributed by atoms with van der Waals surface area (Å²) in [7, 11) is 0. The zero-order valence-corrected chi connectivity index (χ0v) is 27.1. The Labute approximate surface area is 274 Å². The normalized spacial score (nSPS) is 10.7. The summed E-state index contributed by atoms with van der Waals surface area (Å²) in [4.78, 5) is 16.8. The van der Waals surface area contributed by atoms with Crippen LogP contribution in [-0.2, 0) is 6.54 Å². The van der Waals surface area contributed by atoms with Crippen molar-refractivity contribution in [3.63, 3.8) is 0 Å². The van der Waals surface area contributed by atoms with Gasteiger partial charge >= 0.3 is 0 Å². The summed E-state index contributed by atoms with van der Waals surface area (Å²) in [6.07, 6.45) is 4.97. The van der Waals surface area contributed by atoms with E-state index in [1.165, 1.54) is 11.9 Å². The molecule has 0 saturated heterocycles. The van der Waals surface area contributed by atoms with Gasteiger partial charge in [0.15, 0.2) is 0 Å². The zero-order valence-electron chi connectivity index (χ0n) is 21.2.